The van der Waals surface area contributed by atoms with Gasteiger partial charge in [0.15, 0.2) is 9.84 Å². The van der Waals surface area contributed by atoms with Crippen molar-refractivity contribution in [2.75, 3.05) is 25.6 Å². The van der Waals surface area contributed by atoms with Gasteiger partial charge in [-0.25, -0.2) is 8.42 Å². The summed E-state index contributed by atoms with van der Waals surface area (Å²) >= 11 is 0. The Morgan fingerprint density at radius 1 is 1.26 bits per heavy atom. The van der Waals surface area contributed by atoms with E-state index in [2.05, 4.69) is 5.32 Å². The number of carbonyl (C=O) groups excluding carboxylic acids is 2. The second kappa shape index (κ2) is 6.95. The van der Waals surface area contributed by atoms with Gasteiger partial charge in [-0.1, -0.05) is 12.1 Å². The van der Waals surface area contributed by atoms with Crippen molar-refractivity contribution in [2.45, 2.75) is 12.5 Å². The molecule has 1 atom stereocenters. The topological polar surface area (TPSA) is 83.6 Å². The van der Waals surface area contributed by atoms with Gasteiger partial charge >= 0.3 is 0 Å². The van der Waals surface area contributed by atoms with Gasteiger partial charge in [-0.2, -0.15) is 0 Å². The van der Waals surface area contributed by atoms with Crippen molar-refractivity contribution in [2.24, 2.45) is 0 Å². The molecule has 0 aliphatic carbocycles. The molecule has 23 heavy (non-hydrogen) atoms. The summed E-state index contributed by atoms with van der Waals surface area (Å²) in [5.74, 6) is -0.231. The number of nitrogens with zero attached hydrogens (tertiary/aromatic N) is 1. The van der Waals surface area contributed by atoms with E-state index in [9.17, 15) is 18.0 Å². The van der Waals surface area contributed by atoms with Crippen LogP contribution in [0, 0.1) is 0 Å². The Morgan fingerprint density at radius 3 is 2.43 bits per heavy atom. The van der Waals surface area contributed by atoms with Crippen LogP contribution in [0.3, 0.4) is 0 Å². The first-order chi connectivity index (χ1) is 10.8. The van der Waals surface area contributed by atoms with Crippen LogP contribution < -0.4 is 5.32 Å². The number of nitrogens with one attached hydrogen (secondary N) is 1. The number of amides is 2. The summed E-state index contributed by atoms with van der Waals surface area (Å²) in [7, 11) is 0.169. The fraction of sp³-hybridized carbons (Fsp3) is 0.375. The third kappa shape index (κ3) is 4.41. The summed E-state index contributed by atoms with van der Waals surface area (Å²) in [4.78, 5) is 25.0. The number of carbonyl (C=O) groups is 2. The fourth-order valence-corrected chi connectivity index (χ4v) is 4.21. The molecule has 0 radical (unpaired) electrons. The van der Waals surface area contributed by atoms with Gasteiger partial charge < -0.3 is 10.2 Å². The average molecular weight is 336 g/mol. The summed E-state index contributed by atoms with van der Waals surface area (Å²) in [6.45, 7) is 0. The minimum Gasteiger partial charge on any atom is -0.355 e. The Labute approximate surface area is 136 Å². The highest BCUT2D eigenvalue weighted by Crippen LogP contribution is 2.17. The molecule has 124 valence electrons. The van der Waals surface area contributed by atoms with Crippen molar-refractivity contribution < 1.29 is 18.0 Å². The molecule has 1 aliphatic heterocycles. The maximum absolute atomic E-state index is 12.1. The van der Waals surface area contributed by atoms with Gasteiger partial charge in [0.1, 0.15) is 0 Å². The van der Waals surface area contributed by atoms with Crippen LogP contribution in [0.15, 0.2) is 30.3 Å². The molecular weight excluding hydrogens is 316 g/mol. The van der Waals surface area contributed by atoms with Crippen LogP contribution in [0.1, 0.15) is 22.3 Å². The van der Waals surface area contributed by atoms with Gasteiger partial charge in [0.05, 0.1) is 11.5 Å². The van der Waals surface area contributed by atoms with Crippen molar-refractivity contribution in [3.8, 4) is 0 Å². The molecule has 7 heteroatoms. The zero-order valence-corrected chi connectivity index (χ0v) is 14.0. The second-order valence-corrected chi connectivity index (χ2v) is 7.77. The second-order valence-electron chi connectivity index (χ2n) is 5.54. The molecule has 1 aromatic rings. The van der Waals surface area contributed by atoms with E-state index in [1.54, 1.807) is 44.4 Å². The fourth-order valence-electron chi connectivity index (χ4n) is 2.44. The van der Waals surface area contributed by atoms with Crippen LogP contribution in [0.25, 0.3) is 6.08 Å². The van der Waals surface area contributed by atoms with Gasteiger partial charge in [-0.15, -0.1) is 0 Å². The Kier molecular flexibility index (Phi) is 5.20. The van der Waals surface area contributed by atoms with Crippen molar-refractivity contribution >= 4 is 27.7 Å². The van der Waals surface area contributed by atoms with E-state index in [0.29, 0.717) is 12.0 Å². The van der Waals surface area contributed by atoms with Gasteiger partial charge in [0.2, 0.25) is 5.91 Å². The first kappa shape index (κ1) is 17.2. The van der Waals surface area contributed by atoms with E-state index in [0.717, 1.165) is 5.56 Å². The lowest BCUT2D eigenvalue weighted by Gasteiger charge is -2.21. The minimum absolute atomic E-state index is 0.0317. The smallest absolute Gasteiger partial charge is 0.251 e. The third-order valence-corrected chi connectivity index (χ3v) is 5.67. The molecule has 1 unspecified atom stereocenters. The predicted molar refractivity (Wildman–Crippen MR) is 88.7 cm³/mol. The van der Waals surface area contributed by atoms with E-state index in [4.69, 9.17) is 0 Å². The summed E-state index contributed by atoms with van der Waals surface area (Å²) in [5, 5.41) is 2.54. The normalized spacial score (nSPS) is 19.7. The van der Waals surface area contributed by atoms with Crippen LogP contribution in [-0.2, 0) is 14.6 Å². The minimum atomic E-state index is -3.01. The van der Waals surface area contributed by atoms with Crippen molar-refractivity contribution in [1.82, 2.24) is 10.2 Å². The van der Waals surface area contributed by atoms with Crippen LogP contribution in [-0.4, -0.2) is 56.8 Å². The first-order valence-electron chi connectivity index (χ1n) is 7.30. The highest BCUT2D eigenvalue weighted by molar-refractivity contribution is 7.91. The molecule has 1 aromatic carbocycles. The molecule has 6 nitrogen and oxygen atoms in total. The number of benzene rings is 1. The Hall–Kier alpha value is -2.15. The quantitative estimate of drug-likeness (QED) is 0.821. The Morgan fingerprint density at radius 2 is 1.91 bits per heavy atom. The summed E-state index contributed by atoms with van der Waals surface area (Å²) < 4.78 is 22.9. The zero-order chi connectivity index (χ0) is 17.0. The van der Waals surface area contributed by atoms with Crippen molar-refractivity contribution in [3.05, 3.63) is 41.5 Å². The molecule has 2 amide bonds. The third-order valence-electron chi connectivity index (χ3n) is 3.92. The van der Waals surface area contributed by atoms with Crippen molar-refractivity contribution in [1.29, 1.82) is 0 Å². The van der Waals surface area contributed by atoms with Gasteiger partial charge in [-0.05, 0) is 30.2 Å². The lowest BCUT2D eigenvalue weighted by atomic mass is 10.1. The van der Waals surface area contributed by atoms with Gasteiger partial charge in [0, 0.05) is 31.8 Å². The number of hydrogen-bond acceptors (Lipinski definition) is 4. The van der Waals surface area contributed by atoms with E-state index in [-0.39, 0.29) is 29.4 Å². The van der Waals surface area contributed by atoms with E-state index in [1.807, 2.05) is 0 Å². The Balaban J connectivity index is 1.99. The van der Waals surface area contributed by atoms with Crippen LogP contribution in [0.2, 0.25) is 0 Å². The van der Waals surface area contributed by atoms with Crippen molar-refractivity contribution in [3.63, 3.8) is 0 Å². The molecule has 1 N–H and O–H groups in total. The molecule has 2 rings (SSSR count). The summed E-state index contributed by atoms with van der Waals surface area (Å²) in [5.41, 5.74) is 1.34. The van der Waals surface area contributed by atoms with Crippen LogP contribution in [0.5, 0.6) is 0 Å². The molecule has 1 aliphatic rings. The number of sulfone groups is 1. The first-order valence-corrected chi connectivity index (χ1v) is 9.12. The number of hydrogen-bond donors (Lipinski definition) is 1. The molecular formula is C16H20N2O4S. The molecule has 0 spiro atoms. The maximum Gasteiger partial charge on any atom is 0.251 e. The molecule has 1 fully saturated rings. The van der Waals surface area contributed by atoms with E-state index >= 15 is 0 Å². The summed E-state index contributed by atoms with van der Waals surface area (Å²) in [6, 6.07) is 6.59. The maximum atomic E-state index is 12.1. The highest BCUT2D eigenvalue weighted by atomic mass is 32.2. The van der Waals surface area contributed by atoms with Gasteiger partial charge in [-0.3, -0.25) is 9.59 Å². The Bertz CT molecular complexity index is 723. The number of rotatable bonds is 4. The lowest BCUT2D eigenvalue weighted by Crippen LogP contribution is -2.36. The van der Waals surface area contributed by atoms with Crippen LogP contribution >= 0.6 is 0 Å². The van der Waals surface area contributed by atoms with Crippen LogP contribution in [0.4, 0.5) is 0 Å². The zero-order valence-electron chi connectivity index (χ0n) is 13.2. The molecule has 0 aromatic heterocycles. The molecule has 1 saturated heterocycles. The molecule has 1 heterocycles. The lowest BCUT2D eigenvalue weighted by molar-refractivity contribution is -0.126. The standard InChI is InChI=1S/C16H20N2O4S/c1-17-16(20)13-6-3-12(4-7-13)5-8-15(19)18(2)14-9-10-23(21,22)11-14/h3-8,14H,9-11H2,1-2H3,(H,17,20)/b8-5+. The highest BCUT2D eigenvalue weighted by Gasteiger charge is 2.31. The molecule has 0 bridgehead atoms. The van der Waals surface area contributed by atoms with E-state index in [1.165, 1.54) is 11.0 Å². The predicted octanol–water partition coefficient (Wildman–Crippen LogP) is 0.705. The monoisotopic (exact) mass is 336 g/mol. The summed E-state index contributed by atoms with van der Waals surface area (Å²) in [6.07, 6.45) is 3.55. The van der Waals surface area contributed by atoms with Gasteiger partial charge in [0.25, 0.3) is 5.91 Å². The number of likely N-dealkylation sites (N-methyl/N-ethyl adjacent to an activating group) is 1. The van der Waals surface area contributed by atoms with E-state index < -0.39 is 9.84 Å². The average Bonchev–Trinajstić information content (AvgIpc) is 2.91. The largest absolute Gasteiger partial charge is 0.355 e. The molecule has 0 saturated carbocycles. The SMILES string of the molecule is CNC(=O)c1ccc(/C=C/C(=O)N(C)C2CCS(=O)(=O)C2)cc1.